The molecular weight excluding hydrogens is 202 g/mol. The van der Waals surface area contributed by atoms with E-state index in [1.807, 2.05) is 37.3 Å². The highest BCUT2D eigenvalue weighted by Gasteiger charge is 2.29. The molecule has 1 amide bonds. The van der Waals surface area contributed by atoms with Crippen molar-refractivity contribution in [2.24, 2.45) is 5.92 Å². The van der Waals surface area contributed by atoms with Gasteiger partial charge in [0.2, 0.25) is 0 Å². The van der Waals surface area contributed by atoms with Crippen LogP contribution in [0.15, 0.2) is 30.3 Å². The molecule has 1 aliphatic carbocycles. The minimum Gasteiger partial charge on any atom is -0.445 e. The number of alkyl carbamates (subject to hydrolysis) is 1. The molecule has 0 spiro atoms. The molecule has 0 radical (unpaired) electrons. The van der Waals surface area contributed by atoms with E-state index < -0.39 is 0 Å². The zero-order chi connectivity index (χ0) is 11.4. The predicted octanol–water partition coefficient (Wildman–Crippen LogP) is 2.71. The largest absolute Gasteiger partial charge is 0.445 e. The second-order valence-corrected chi connectivity index (χ2v) is 4.33. The maximum atomic E-state index is 11.4. The van der Waals surface area contributed by atoms with Gasteiger partial charge in [-0.25, -0.2) is 4.79 Å². The monoisotopic (exact) mass is 219 g/mol. The Kier molecular flexibility index (Phi) is 3.44. The van der Waals surface area contributed by atoms with Crippen LogP contribution < -0.4 is 5.32 Å². The topological polar surface area (TPSA) is 38.3 Å². The fourth-order valence-corrected chi connectivity index (χ4v) is 1.66. The summed E-state index contributed by atoms with van der Waals surface area (Å²) >= 11 is 0. The van der Waals surface area contributed by atoms with E-state index in [-0.39, 0.29) is 12.1 Å². The van der Waals surface area contributed by atoms with Crippen molar-refractivity contribution in [1.29, 1.82) is 0 Å². The molecule has 1 saturated carbocycles. The molecule has 1 atom stereocenters. The summed E-state index contributed by atoms with van der Waals surface area (Å²) in [6, 6.07) is 9.93. The molecule has 16 heavy (non-hydrogen) atoms. The van der Waals surface area contributed by atoms with Crippen LogP contribution in [0.2, 0.25) is 0 Å². The van der Waals surface area contributed by atoms with Crippen molar-refractivity contribution >= 4 is 6.09 Å². The van der Waals surface area contributed by atoms with Crippen LogP contribution in [-0.4, -0.2) is 12.1 Å². The molecule has 3 heteroatoms. The maximum absolute atomic E-state index is 11.4. The standard InChI is InChI=1S/C13H17NO2/c1-10(12-7-8-12)14-13(15)16-9-11-5-3-2-4-6-11/h2-6,10,12H,7-9H2,1H3,(H,14,15)/t10-/m1/s1. The first kappa shape index (κ1) is 11.0. The average molecular weight is 219 g/mol. The summed E-state index contributed by atoms with van der Waals surface area (Å²) in [5.41, 5.74) is 1.01. The molecule has 0 saturated heterocycles. The summed E-state index contributed by atoms with van der Waals surface area (Å²) in [6.07, 6.45) is 2.13. The highest BCUT2D eigenvalue weighted by atomic mass is 16.5. The van der Waals surface area contributed by atoms with E-state index in [1.54, 1.807) is 0 Å². The number of benzene rings is 1. The lowest BCUT2D eigenvalue weighted by atomic mass is 10.2. The Bertz CT molecular complexity index is 346. The number of ether oxygens (including phenoxy) is 1. The van der Waals surface area contributed by atoms with Crippen LogP contribution in [0.3, 0.4) is 0 Å². The maximum Gasteiger partial charge on any atom is 0.407 e. The Balaban J connectivity index is 1.71. The molecule has 1 aliphatic rings. The van der Waals surface area contributed by atoms with Gasteiger partial charge in [0, 0.05) is 6.04 Å². The minimum absolute atomic E-state index is 0.239. The Labute approximate surface area is 95.8 Å². The van der Waals surface area contributed by atoms with Crippen molar-refractivity contribution in [3.8, 4) is 0 Å². The number of hydrogen-bond acceptors (Lipinski definition) is 2. The molecule has 1 N–H and O–H groups in total. The van der Waals surface area contributed by atoms with Gasteiger partial charge in [0.1, 0.15) is 6.61 Å². The van der Waals surface area contributed by atoms with Crippen molar-refractivity contribution in [3.63, 3.8) is 0 Å². The van der Waals surface area contributed by atoms with E-state index in [9.17, 15) is 4.79 Å². The number of carbonyl (C=O) groups excluding carboxylic acids is 1. The number of amides is 1. The van der Waals surface area contributed by atoms with Gasteiger partial charge < -0.3 is 10.1 Å². The zero-order valence-electron chi connectivity index (χ0n) is 9.48. The Morgan fingerprint density at radius 1 is 1.44 bits per heavy atom. The fourth-order valence-electron chi connectivity index (χ4n) is 1.66. The van der Waals surface area contributed by atoms with Crippen molar-refractivity contribution < 1.29 is 9.53 Å². The fraction of sp³-hybridized carbons (Fsp3) is 0.462. The molecule has 0 unspecified atom stereocenters. The third kappa shape index (κ3) is 3.26. The van der Waals surface area contributed by atoms with Gasteiger partial charge in [-0.2, -0.15) is 0 Å². The van der Waals surface area contributed by atoms with Crippen molar-refractivity contribution in [3.05, 3.63) is 35.9 Å². The van der Waals surface area contributed by atoms with Gasteiger partial charge >= 0.3 is 6.09 Å². The lowest BCUT2D eigenvalue weighted by Gasteiger charge is -2.12. The zero-order valence-corrected chi connectivity index (χ0v) is 9.48. The van der Waals surface area contributed by atoms with Crippen LogP contribution in [0.25, 0.3) is 0 Å². The lowest BCUT2D eigenvalue weighted by molar-refractivity contribution is 0.135. The molecule has 0 aromatic heterocycles. The first-order valence-electron chi connectivity index (χ1n) is 5.73. The van der Waals surface area contributed by atoms with Crippen LogP contribution >= 0.6 is 0 Å². The molecule has 0 aliphatic heterocycles. The molecule has 0 heterocycles. The quantitative estimate of drug-likeness (QED) is 0.845. The summed E-state index contributed by atoms with van der Waals surface area (Å²) in [6.45, 7) is 2.37. The summed E-state index contributed by atoms with van der Waals surface area (Å²) in [4.78, 5) is 11.4. The van der Waals surface area contributed by atoms with E-state index in [1.165, 1.54) is 12.8 Å². The smallest absolute Gasteiger partial charge is 0.407 e. The van der Waals surface area contributed by atoms with Gasteiger partial charge in [0.05, 0.1) is 0 Å². The van der Waals surface area contributed by atoms with Gasteiger partial charge in [-0.3, -0.25) is 0 Å². The molecule has 3 nitrogen and oxygen atoms in total. The van der Waals surface area contributed by atoms with Crippen LogP contribution in [0.5, 0.6) is 0 Å². The number of nitrogens with one attached hydrogen (secondary N) is 1. The Morgan fingerprint density at radius 2 is 2.12 bits per heavy atom. The van der Waals surface area contributed by atoms with E-state index in [4.69, 9.17) is 4.74 Å². The van der Waals surface area contributed by atoms with E-state index in [0.717, 1.165) is 5.56 Å². The van der Waals surface area contributed by atoms with E-state index >= 15 is 0 Å². The SMILES string of the molecule is C[C@@H](NC(=O)OCc1ccccc1)C1CC1. The van der Waals surface area contributed by atoms with Crippen molar-refractivity contribution in [1.82, 2.24) is 5.32 Å². The molecule has 2 rings (SSSR count). The van der Waals surface area contributed by atoms with E-state index in [0.29, 0.717) is 12.5 Å². The van der Waals surface area contributed by atoms with Crippen LogP contribution in [0.4, 0.5) is 4.79 Å². The third-order valence-electron chi connectivity index (χ3n) is 2.89. The minimum atomic E-state index is -0.316. The Morgan fingerprint density at radius 3 is 2.75 bits per heavy atom. The normalized spacial score (nSPS) is 16.6. The van der Waals surface area contributed by atoms with Gasteiger partial charge in [0.15, 0.2) is 0 Å². The average Bonchev–Trinajstić information content (AvgIpc) is 3.11. The summed E-state index contributed by atoms with van der Waals surface area (Å²) in [7, 11) is 0. The van der Waals surface area contributed by atoms with Gasteiger partial charge in [-0.1, -0.05) is 30.3 Å². The number of hydrogen-bond donors (Lipinski definition) is 1. The van der Waals surface area contributed by atoms with Gasteiger partial charge in [-0.05, 0) is 31.2 Å². The molecule has 1 fully saturated rings. The van der Waals surface area contributed by atoms with Crippen LogP contribution in [-0.2, 0) is 11.3 Å². The molecule has 0 bridgehead atoms. The lowest BCUT2D eigenvalue weighted by Crippen LogP contribution is -2.34. The highest BCUT2D eigenvalue weighted by molar-refractivity contribution is 5.67. The molecule has 1 aromatic rings. The Hall–Kier alpha value is -1.51. The second kappa shape index (κ2) is 5.01. The van der Waals surface area contributed by atoms with Crippen LogP contribution in [0, 0.1) is 5.92 Å². The number of rotatable bonds is 4. The van der Waals surface area contributed by atoms with Gasteiger partial charge in [-0.15, -0.1) is 0 Å². The highest BCUT2D eigenvalue weighted by Crippen LogP contribution is 2.32. The van der Waals surface area contributed by atoms with Crippen molar-refractivity contribution in [2.45, 2.75) is 32.4 Å². The van der Waals surface area contributed by atoms with E-state index in [2.05, 4.69) is 5.32 Å². The second-order valence-electron chi connectivity index (χ2n) is 4.33. The van der Waals surface area contributed by atoms with Crippen molar-refractivity contribution in [2.75, 3.05) is 0 Å². The van der Waals surface area contributed by atoms with Gasteiger partial charge in [0.25, 0.3) is 0 Å². The van der Waals surface area contributed by atoms with Crippen LogP contribution in [0.1, 0.15) is 25.3 Å². The number of carbonyl (C=O) groups is 1. The predicted molar refractivity (Wildman–Crippen MR) is 61.9 cm³/mol. The summed E-state index contributed by atoms with van der Waals surface area (Å²) in [5.74, 6) is 0.657. The molecule has 86 valence electrons. The molecule has 1 aromatic carbocycles. The first-order valence-corrected chi connectivity index (χ1v) is 5.73. The summed E-state index contributed by atoms with van der Waals surface area (Å²) in [5, 5.41) is 2.85. The third-order valence-corrected chi connectivity index (χ3v) is 2.89. The molecular formula is C13H17NO2. The first-order chi connectivity index (χ1) is 7.75. The summed E-state index contributed by atoms with van der Waals surface area (Å²) < 4.78 is 5.13.